The Balaban J connectivity index is 1.82. The van der Waals surface area contributed by atoms with E-state index in [4.69, 9.17) is 0 Å². The molecule has 0 bridgehead atoms. The van der Waals surface area contributed by atoms with Crippen LogP contribution in [-0.4, -0.2) is 29.0 Å². The fourth-order valence-corrected chi connectivity index (χ4v) is 3.71. The summed E-state index contributed by atoms with van der Waals surface area (Å²) in [5.41, 5.74) is 0.756. The van der Waals surface area contributed by atoms with Crippen molar-refractivity contribution in [2.45, 2.75) is 52.6 Å². The largest absolute Gasteiger partial charge is 0.388 e. The maximum absolute atomic E-state index is 13.0. The molecule has 4 heteroatoms. The van der Waals surface area contributed by atoms with E-state index in [0.717, 1.165) is 24.8 Å². The van der Waals surface area contributed by atoms with Gasteiger partial charge >= 0.3 is 0 Å². The second kappa shape index (κ2) is 8.61. The van der Waals surface area contributed by atoms with Crippen molar-refractivity contribution >= 4 is 5.91 Å². The molecule has 2 rings (SSSR count). The number of nitrogens with zero attached hydrogens (tertiary/aromatic N) is 1. The van der Waals surface area contributed by atoms with Crippen LogP contribution in [0.4, 0.5) is 4.39 Å². The number of piperidine rings is 1. The van der Waals surface area contributed by atoms with Crippen LogP contribution in [0.3, 0.4) is 0 Å². The molecular formula is C20H30FNO2. The van der Waals surface area contributed by atoms with E-state index in [0.29, 0.717) is 31.3 Å². The number of hydrogen-bond acceptors (Lipinski definition) is 2. The van der Waals surface area contributed by atoms with Crippen LogP contribution in [0.1, 0.15) is 58.1 Å². The highest BCUT2D eigenvalue weighted by Gasteiger charge is 2.28. The summed E-state index contributed by atoms with van der Waals surface area (Å²) in [4.78, 5) is 14.3. The number of amides is 1. The van der Waals surface area contributed by atoms with E-state index in [1.165, 1.54) is 12.1 Å². The quantitative estimate of drug-likeness (QED) is 0.847. The average molecular weight is 335 g/mol. The second-order valence-corrected chi connectivity index (χ2v) is 7.65. The fourth-order valence-electron chi connectivity index (χ4n) is 3.71. The summed E-state index contributed by atoms with van der Waals surface area (Å²) >= 11 is 0. The monoisotopic (exact) mass is 335 g/mol. The van der Waals surface area contributed by atoms with Gasteiger partial charge in [0.1, 0.15) is 5.82 Å². The van der Waals surface area contributed by atoms with Crippen molar-refractivity contribution in [3.05, 3.63) is 35.6 Å². The van der Waals surface area contributed by atoms with Gasteiger partial charge in [-0.2, -0.15) is 0 Å². The molecule has 2 unspecified atom stereocenters. The van der Waals surface area contributed by atoms with Crippen LogP contribution in [0.15, 0.2) is 24.3 Å². The number of benzene rings is 1. The highest BCUT2D eigenvalue weighted by molar-refractivity contribution is 5.76. The number of aliphatic hydroxyl groups is 1. The minimum absolute atomic E-state index is 0.132. The van der Waals surface area contributed by atoms with Crippen molar-refractivity contribution in [3.8, 4) is 0 Å². The van der Waals surface area contributed by atoms with E-state index >= 15 is 0 Å². The number of halogens is 1. The molecule has 134 valence electrons. The third-order valence-electron chi connectivity index (χ3n) is 4.95. The molecule has 1 aliphatic rings. The Morgan fingerprint density at radius 1 is 1.21 bits per heavy atom. The lowest BCUT2D eigenvalue weighted by atomic mass is 9.87. The number of carbonyl (C=O) groups is 1. The first-order valence-corrected chi connectivity index (χ1v) is 9.08. The van der Waals surface area contributed by atoms with Crippen molar-refractivity contribution < 1.29 is 14.3 Å². The first-order valence-electron chi connectivity index (χ1n) is 9.08. The van der Waals surface area contributed by atoms with E-state index in [2.05, 4.69) is 20.8 Å². The molecule has 0 radical (unpaired) electrons. The molecule has 0 aromatic heterocycles. The number of rotatable bonds is 6. The Kier molecular flexibility index (Phi) is 6.79. The zero-order valence-corrected chi connectivity index (χ0v) is 15.0. The van der Waals surface area contributed by atoms with Gasteiger partial charge in [-0.3, -0.25) is 4.79 Å². The maximum Gasteiger partial charge on any atom is 0.222 e. The zero-order valence-electron chi connectivity index (χ0n) is 15.0. The summed E-state index contributed by atoms with van der Waals surface area (Å²) in [5.74, 6) is 1.11. The van der Waals surface area contributed by atoms with Gasteiger partial charge in [0.25, 0.3) is 0 Å². The first-order chi connectivity index (χ1) is 11.4. The molecule has 1 aromatic carbocycles. The van der Waals surface area contributed by atoms with Gasteiger partial charge in [0, 0.05) is 19.5 Å². The molecule has 0 aliphatic carbocycles. The summed E-state index contributed by atoms with van der Waals surface area (Å²) < 4.78 is 13.0. The van der Waals surface area contributed by atoms with Crippen molar-refractivity contribution in [1.82, 2.24) is 4.90 Å². The predicted molar refractivity (Wildman–Crippen MR) is 93.9 cm³/mol. The predicted octanol–water partition coefficient (Wildman–Crippen LogP) is 4.17. The molecule has 2 atom stereocenters. The lowest BCUT2D eigenvalue weighted by Gasteiger charge is -2.35. The van der Waals surface area contributed by atoms with Crippen LogP contribution < -0.4 is 0 Å². The van der Waals surface area contributed by atoms with Crippen molar-refractivity contribution in [1.29, 1.82) is 0 Å². The van der Waals surface area contributed by atoms with E-state index in [1.54, 1.807) is 12.1 Å². The highest BCUT2D eigenvalue weighted by Crippen LogP contribution is 2.31. The SMILES string of the molecule is CC(C)CC(C)CC(=O)N1CCC(C(O)c2ccc(F)cc2)CC1. The zero-order chi connectivity index (χ0) is 17.7. The van der Waals surface area contributed by atoms with Gasteiger partial charge in [0.05, 0.1) is 6.10 Å². The first kappa shape index (κ1) is 18.9. The van der Waals surface area contributed by atoms with Crippen LogP contribution >= 0.6 is 0 Å². The Hall–Kier alpha value is -1.42. The number of carbonyl (C=O) groups excluding carboxylic acids is 1. The topological polar surface area (TPSA) is 40.5 Å². The molecular weight excluding hydrogens is 305 g/mol. The van der Waals surface area contributed by atoms with Crippen LogP contribution in [0.2, 0.25) is 0 Å². The molecule has 0 saturated carbocycles. The lowest BCUT2D eigenvalue weighted by Crippen LogP contribution is -2.40. The standard InChI is InChI=1S/C20H30FNO2/c1-14(2)12-15(3)13-19(23)22-10-8-17(9-11-22)20(24)16-4-6-18(21)7-5-16/h4-7,14-15,17,20,24H,8-13H2,1-3H3. The van der Waals surface area contributed by atoms with Gasteiger partial charge in [-0.05, 0) is 54.7 Å². The van der Waals surface area contributed by atoms with Crippen molar-refractivity contribution in [2.24, 2.45) is 17.8 Å². The third kappa shape index (κ3) is 5.30. The molecule has 1 aromatic rings. The maximum atomic E-state index is 13.0. The fraction of sp³-hybridized carbons (Fsp3) is 0.650. The highest BCUT2D eigenvalue weighted by atomic mass is 19.1. The Morgan fingerprint density at radius 2 is 1.79 bits per heavy atom. The summed E-state index contributed by atoms with van der Waals surface area (Å²) in [7, 11) is 0. The van der Waals surface area contributed by atoms with Gasteiger partial charge < -0.3 is 10.0 Å². The van der Waals surface area contributed by atoms with Gasteiger partial charge in [-0.1, -0.05) is 32.9 Å². The van der Waals surface area contributed by atoms with Crippen molar-refractivity contribution in [3.63, 3.8) is 0 Å². The molecule has 0 spiro atoms. The van der Waals surface area contributed by atoms with Gasteiger partial charge in [-0.25, -0.2) is 4.39 Å². The average Bonchev–Trinajstić information content (AvgIpc) is 2.54. The summed E-state index contributed by atoms with van der Waals surface area (Å²) in [6, 6.07) is 6.05. The number of likely N-dealkylation sites (tertiary alicyclic amines) is 1. The molecule has 1 amide bonds. The molecule has 3 nitrogen and oxygen atoms in total. The molecule has 24 heavy (non-hydrogen) atoms. The Labute approximate surface area is 144 Å². The minimum Gasteiger partial charge on any atom is -0.388 e. The Morgan fingerprint density at radius 3 is 2.33 bits per heavy atom. The van der Waals surface area contributed by atoms with Gasteiger partial charge in [0.2, 0.25) is 5.91 Å². The number of aliphatic hydroxyl groups excluding tert-OH is 1. The van der Waals surface area contributed by atoms with Crippen LogP contribution in [0, 0.1) is 23.6 Å². The third-order valence-corrected chi connectivity index (χ3v) is 4.95. The van der Waals surface area contributed by atoms with Gasteiger partial charge in [-0.15, -0.1) is 0 Å². The van der Waals surface area contributed by atoms with Crippen LogP contribution in [0.25, 0.3) is 0 Å². The normalized spacial score (nSPS) is 18.7. The molecule has 1 saturated heterocycles. The van der Waals surface area contributed by atoms with Crippen LogP contribution in [0.5, 0.6) is 0 Å². The van der Waals surface area contributed by atoms with E-state index in [9.17, 15) is 14.3 Å². The smallest absolute Gasteiger partial charge is 0.222 e. The summed E-state index contributed by atoms with van der Waals surface area (Å²) in [6.45, 7) is 7.92. The summed E-state index contributed by atoms with van der Waals surface area (Å²) in [5, 5.41) is 10.5. The van der Waals surface area contributed by atoms with Crippen molar-refractivity contribution in [2.75, 3.05) is 13.1 Å². The number of hydrogen-bond donors (Lipinski definition) is 1. The Bertz CT molecular complexity index is 521. The van der Waals surface area contributed by atoms with Gasteiger partial charge in [0.15, 0.2) is 0 Å². The molecule has 1 N–H and O–H groups in total. The second-order valence-electron chi connectivity index (χ2n) is 7.65. The van der Waals surface area contributed by atoms with E-state index < -0.39 is 6.10 Å². The summed E-state index contributed by atoms with van der Waals surface area (Å²) in [6.07, 6.45) is 2.70. The van der Waals surface area contributed by atoms with E-state index in [1.807, 2.05) is 4.90 Å². The lowest BCUT2D eigenvalue weighted by molar-refractivity contribution is -0.134. The molecule has 1 aliphatic heterocycles. The van der Waals surface area contributed by atoms with E-state index in [-0.39, 0.29) is 17.6 Å². The molecule has 1 heterocycles. The minimum atomic E-state index is -0.581. The van der Waals surface area contributed by atoms with Crippen LogP contribution in [-0.2, 0) is 4.79 Å². The molecule has 1 fully saturated rings.